The van der Waals surface area contributed by atoms with Crippen LogP contribution in [0.2, 0.25) is 0 Å². The summed E-state index contributed by atoms with van der Waals surface area (Å²) in [6, 6.07) is 57.9. The average molecular weight is 967 g/mol. The summed E-state index contributed by atoms with van der Waals surface area (Å²) in [6.45, 7) is 0. The molecule has 68 heavy (non-hydrogen) atoms. The van der Waals surface area contributed by atoms with Crippen molar-refractivity contribution in [2.75, 3.05) is 11.1 Å². The van der Waals surface area contributed by atoms with Crippen LogP contribution in [0, 0.1) is 0 Å². The van der Waals surface area contributed by atoms with Gasteiger partial charge in [0.05, 0.1) is 16.3 Å². The lowest BCUT2D eigenvalue weighted by Gasteiger charge is -2.49. The summed E-state index contributed by atoms with van der Waals surface area (Å²) in [6.07, 6.45) is 1.01. The Morgan fingerprint density at radius 3 is 1.93 bits per heavy atom. The smallest absolute Gasteiger partial charge is 0.356 e. The van der Waals surface area contributed by atoms with Crippen molar-refractivity contribution in [1.82, 2.24) is 15.2 Å². The number of carbonyl (C=O) groups excluding carboxylic acids is 3. The molecule has 0 spiro atoms. The Balaban J connectivity index is 0.893. The zero-order valence-electron chi connectivity index (χ0n) is 36.3. The predicted octanol–water partition coefficient (Wildman–Crippen LogP) is 11.0. The Bertz CT molecular complexity index is 3080. The number of benzene rings is 6. The minimum atomic E-state index is -0.873. The second-order valence-electron chi connectivity index (χ2n) is 16.1. The summed E-state index contributed by atoms with van der Waals surface area (Å²) in [4.78, 5) is 61.9. The molecule has 6 aromatic carbocycles. The van der Waals surface area contributed by atoms with E-state index in [2.05, 4.69) is 47.0 Å². The number of amides is 2. The highest BCUT2D eigenvalue weighted by molar-refractivity contribution is 8.04. The molecule has 0 saturated carbocycles. The van der Waals surface area contributed by atoms with Gasteiger partial charge in [-0.1, -0.05) is 176 Å². The molecular formula is C55H42N4O5S4. The predicted molar refractivity (Wildman–Crippen MR) is 275 cm³/mol. The minimum Gasteiger partial charge on any atom is -0.448 e. The normalized spacial score (nSPS) is 15.8. The SMILES string of the molecule is O=C(Cc1csc(NC(c2ccccc2)(c2ccccc2)c2ccccc2)n1)NC1C(=O)N2C(C(=O)OC(c3ccccc3)c3ccccc3)=C(C=CSc3cc(=O)c4ccccc4s3)CS[C@H]12. The van der Waals surface area contributed by atoms with E-state index < -0.39 is 34.9 Å². The van der Waals surface area contributed by atoms with E-state index in [1.807, 2.05) is 156 Å². The number of thiazole rings is 1. The summed E-state index contributed by atoms with van der Waals surface area (Å²) < 4.78 is 8.03. The monoisotopic (exact) mass is 966 g/mol. The third-order valence-corrected chi connectivity index (χ3v) is 16.0. The highest BCUT2D eigenvalue weighted by Crippen LogP contribution is 2.44. The maximum absolute atomic E-state index is 14.6. The number of nitrogens with zero attached hydrogens (tertiary/aromatic N) is 2. The molecule has 2 aliphatic heterocycles. The van der Waals surface area contributed by atoms with Gasteiger partial charge in [-0.3, -0.25) is 19.3 Å². The molecule has 2 aromatic heterocycles. The van der Waals surface area contributed by atoms with Crippen LogP contribution in [0.4, 0.5) is 5.13 Å². The molecule has 336 valence electrons. The number of allylic oxidation sites excluding steroid dienone is 1. The third-order valence-electron chi connectivity index (χ3n) is 11.8. The standard InChI is InChI=1S/C55H42N4O5S4/c60-44-33-47(68-45-29-17-16-28-43(44)45)65-31-30-38-34-66-52-48(51(62)59(52)49(38)53(63)64-50(36-18-6-1-7-19-36)37-20-8-2-9-21-37)57-46(61)32-42-35-67-54(56-42)58-55(39-22-10-3-11-23-39,40-24-12-4-13-25-40)41-26-14-5-15-27-41/h1-31,33,35,48,50,52H,32,34H2,(H,56,58)(H,57,61)/t48?,52-/m1/s1. The van der Waals surface area contributed by atoms with E-state index in [0.29, 0.717) is 27.5 Å². The van der Waals surface area contributed by atoms with Crippen LogP contribution in [0.3, 0.4) is 0 Å². The second-order valence-corrected chi connectivity index (χ2v) is 20.3. The number of nitrogens with one attached hydrogen (secondary N) is 2. The van der Waals surface area contributed by atoms with Gasteiger partial charge in [0.25, 0.3) is 5.91 Å². The summed E-state index contributed by atoms with van der Waals surface area (Å²) in [5, 5.41) is 11.2. The van der Waals surface area contributed by atoms with E-state index in [1.165, 1.54) is 51.1 Å². The summed E-state index contributed by atoms with van der Waals surface area (Å²) in [7, 11) is 0. The molecule has 0 aliphatic carbocycles. The van der Waals surface area contributed by atoms with E-state index >= 15 is 0 Å². The first kappa shape index (κ1) is 44.8. The Labute approximate surface area is 409 Å². The molecule has 2 aliphatic rings. The van der Waals surface area contributed by atoms with E-state index in [9.17, 15) is 19.2 Å². The number of aromatic nitrogens is 1. The lowest BCUT2D eigenvalue weighted by Crippen LogP contribution is -2.70. The Kier molecular flexibility index (Phi) is 13.2. The Morgan fingerprint density at radius 2 is 1.32 bits per heavy atom. The van der Waals surface area contributed by atoms with Gasteiger partial charge >= 0.3 is 5.97 Å². The summed E-state index contributed by atoms with van der Waals surface area (Å²) in [5.41, 5.74) is 5.05. The van der Waals surface area contributed by atoms with Crippen LogP contribution in [-0.2, 0) is 31.1 Å². The van der Waals surface area contributed by atoms with Crippen LogP contribution in [0.5, 0.6) is 0 Å². The van der Waals surface area contributed by atoms with Crippen molar-refractivity contribution in [3.05, 3.63) is 254 Å². The molecular weight excluding hydrogens is 925 g/mol. The molecule has 2 amide bonds. The van der Waals surface area contributed by atoms with Crippen LogP contribution < -0.4 is 16.1 Å². The topological polar surface area (TPSA) is 118 Å². The zero-order valence-corrected chi connectivity index (χ0v) is 39.5. The largest absolute Gasteiger partial charge is 0.448 e. The zero-order chi connectivity index (χ0) is 46.5. The van der Waals surface area contributed by atoms with Gasteiger partial charge in [-0.05, 0) is 57.0 Å². The third kappa shape index (κ3) is 9.17. The highest BCUT2D eigenvalue weighted by atomic mass is 32.2. The van der Waals surface area contributed by atoms with Crippen LogP contribution in [0.1, 0.15) is 39.6 Å². The number of hydrogen-bond donors (Lipinski definition) is 2. The molecule has 0 bridgehead atoms. The van der Waals surface area contributed by atoms with Crippen molar-refractivity contribution < 1.29 is 19.1 Å². The second kappa shape index (κ2) is 20.1. The molecule has 1 saturated heterocycles. The molecule has 2 atom stereocenters. The van der Waals surface area contributed by atoms with Gasteiger partial charge < -0.3 is 15.4 Å². The van der Waals surface area contributed by atoms with Crippen molar-refractivity contribution in [2.45, 2.75) is 33.7 Å². The van der Waals surface area contributed by atoms with Crippen LogP contribution in [0.25, 0.3) is 10.1 Å². The summed E-state index contributed by atoms with van der Waals surface area (Å²) >= 11 is 5.74. The molecule has 1 fully saturated rings. The molecule has 10 rings (SSSR count). The number of carbonyl (C=O) groups is 3. The minimum absolute atomic E-state index is 0.0546. The quantitative estimate of drug-likeness (QED) is 0.0448. The molecule has 1 unspecified atom stereocenters. The van der Waals surface area contributed by atoms with Gasteiger partial charge in [0, 0.05) is 27.3 Å². The van der Waals surface area contributed by atoms with Crippen LogP contribution >= 0.6 is 46.2 Å². The first-order chi connectivity index (χ1) is 33.4. The van der Waals surface area contributed by atoms with Gasteiger partial charge in [0.1, 0.15) is 22.7 Å². The number of anilines is 1. The number of hydrogen-bond acceptors (Lipinski definition) is 11. The first-order valence-corrected chi connectivity index (χ1v) is 25.5. The van der Waals surface area contributed by atoms with E-state index in [-0.39, 0.29) is 23.5 Å². The van der Waals surface area contributed by atoms with E-state index in [1.54, 1.807) is 6.07 Å². The number of rotatable bonds is 15. The van der Waals surface area contributed by atoms with Crippen molar-refractivity contribution >= 4 is 79.2 Å². The molecule has 4 heterocycles. The summed E-state index contributed by atoms with van der Waals surface area (Å²) in [5.74, 6) is -1.07. The Hall–Kier alpha value is -7.03. The maximum Gasteiger partial charge on any atom is 0.356 e. The lowest BCUT2D eigenvalue weighted by molar-refractivity contribution is -0.154. The van der Waals surface area contributed by atoms with E-state index in [0.717, 1.165) is 36.7 Å². The van der Waals surface area contributed by atoms with Gasteiger partial charge in [-0.25, -0.2) is 9.78 Å². The van der Waals surface area contributed by atoms with Crippen molar-refractivity contribution in [2.24, 2.45) is 0 Å². The van der Waals surface area contributed by atoms with Crippen molar-refractivity contribution in [1.29, 1.82) is 0 Å². The van der Waals surface area contributed by atoms with E-state index in [4.69, 9.17) is 9.72 Å². The van der Waals surface area contributed by atoms with Crippen molar-refractivity contribution in [3.63, 3.8) is 0 Å². The number of esters is 1. The molecule has 13 heteroatoms. The molecule has 2 N–H and O–H groups in total. The van der Waals surface area contributed by atoms with Gasteiger partial charge in [0.15, 0.2) is 16.7 Å². The average Bonchev–Trinajstić information content (AvgIpc) is 3.83. The number of ether oxygens (including phenoxy) is 1. The van der Waals surface area contributed by atoms with Crippen molar-refractivity contribution in [3.8, 4) is 0 Å². The molecule has 9 nitrogen and oxygen atoms in total. The lowest BCUT2D eigenvalue weighted by atomic mass is 9.77. The molecule has 8 aromatic rings. The highest BCUT2D eigenvalue weighted by Gasteiger charge is 2.54. The number of fused-ring (bicyclic) bond motifs is 2. The fourth-order valence-corrected chi connectivity index (χ4v) is 12.7. The van der Waals surface area contributed by atoms with Gasteiger partial charge in [-0.15, -0.1) is 34.4 Å². The maximum atomic E-state index is 14.6. The Morgan fingerprint density at radius 1 is 0.765 bits per heavy atom. The fraction of sp³-hybridized carbons (Fsp3) is 0.109. The molecule has 0 radical (unpaired) electrons. The fourth-order valence-electron chi connectivity index (χ4n) is 8.61. The number of thioether (sulfide) groups is 2. The van der Waals surface area contributed by atoms with Gasteiger partial charge in [-0.2, -0.15) is 0 Å². The van der Waals surface area contributed by atoms with Gasteiger partial charge in [0.2, 0.25) is 5.91 Å². The first-order valence-electron chi connectivity index (χ1n) is 21.9. The number of β-lactam (4-membered cyclic amide) rings is 1. The van der Waals surface area contributed by atoms with Crippen LogP contribution in [-0.4, -0.2) is 44.8 Å². The van der Waals surface area contributed by atoms with Crippen LogP contribution in [0.15, 0.2) is 219 Å².